The molecule has 0 aliphatic heterocycles. The Hall–Kier alpha value is -0.950. The first kappa shape index (κ1) is 13.1. The van der Waals surface area contributed by atoms with Gasteiger partial charge in [-0.05, 0) is 6.07 Å². The van der Waals surface area contributed by atoms with Crippen LogP contribution in [0.4, 0.5) is 22.0 Å². The number of halogens is 6. The van der Waals surface area contributed by atoms with Gasteiger partial charge in [-0.1, -0.05) is 17.7 Å². The number of nitrogens with zero attached hydrogens (tertiary/aromatic N) is 1. The molecule has 0 aliphatic carbocycles. The van der Waals surface area contributed by atoms with E-state index in [1.807, 2.05) is 0 Å². The molecule has 0 saturated carbocycles. The van der Waals surface area contributed by atoms with Crippen molar-refractivity contribution in [2.45, 2.75) is 18.7 Å². The first-order valence-electron chi connectivity index (χ1n) is 3.93. The number of hydrogen-bond donors (Lipinski definition) is 1. The van der Waals surface area contributed by atoms with Crippen LogP contribution in [-0.2, 0) is 6.18 Å². The highest BCUT2D eigenvalue weighted by atomic mass is 35.5. The van der Waals surface area contributed by atoms with Gasteiger partial charge >= 0.3 is 6.18 Å². The van der Waals surface area contributed by atoms with E-state index in [0.29, 0.717) is 12.1 Å². The van der Waals surface area contributed by atoms with Crippen molar-refractivity contribution in [3.05, 3.63) is 28.5 Å². The van der Waals surface area contributed by atoms with Gasteiger partial charge in [-0.15, -0.1) is 0 Å². The minimum Gasteiger partial charge on any atom is -0.382 e. The second kappa shape index (κ2) is 4.50. The van der Waals surface area contributed by atoms with E-state index in [1.165, 1.54) is 0 Å². The number of pyridine rings is 1. The topological polar surface area (TPSA) is 33.1 Å². The van der Waals surface area contributed by atoms with Gasteiger partial charge in [0.25, 0.3) is 6.43 Å². The fraction of sp³-hybridized carbons (Fsp3) is 0.375. The molecule has 1 aromatic rings. The van der Waals surface area contributed by atoms with Crippen molar-refractivity contribution in [2.24, 2.45) is 0 Å². The third-order valence-corrected chi connectivity index (χ3v) is 2.03. The van der Waals surface area contributed by atoms with Gasteiger partial charge in [0.2, 0.25) is 0 Å². The second-order valence-corrected chi connectivity index (χ2v) is 3.21. The van der Waals surface area contributed by atoms with Gasteiger partial charge in [-0.25, -0.2) is 13.8 Å². The van der Waals surface area contributed by atoms with E-state index in [-0.39, 0.29) is 0 Å². The van der Waals surface area contributed by atoms with Gasteiger partial charge in [0.15, 0.2) is 0 Å². The summed E-state index contributed by atoms with van der Waals surface area (Å²) >= 11 is 5.27. The Balaban J connectivity index is 3.10. The largest absolute Gasteiger partial charge is 0.433 e. The minimum absolute atomic E-state index is 0.479. The predicted molar refractivity (Wildman–Crippen MR) is 45.2 cm³/mol. The Morgan fingerprint density at radius 2 is 1.81 bits per heavy atom. The molecule has 0 fully saturated rings. The van der Waals surface area contributed by atoms with E-state index in [1.54, 1.807) is 0 Å². The number of hydrogen-bond acceptors (Lipinski definition) is 2. The summed E-state index contributed by atoms with van der Waals surface area (Å²) in [6.07, 6.45) is -10.1. The molecule has 1 atom stereocenters. The van der Waals surface area contributed by atoms with E-state index in [2.05, 4.69) is 4.98 Å². The second-order valence-electron chi connectivity index (χ2n) is 2.85. The maximum Gasteiger partial charge on any atom is 0.433 e. The molecule has 1 N–H and O–H groups in total. The average molecular weight is 262 g/mol. The lowest BCUT2D eigenvalue weighted by atomic mass is 10.1. The van der Waals surface area contributed by atoms with E-state index in [0.717, 1.165) is 0 Å². The molecular weight excluding hydrogens is 257 g/mol. The molecule has 0 aliphatic rings. The van der Waals surface area contributed by atoms with Crippen molar-refractivity contribution >= 4 is 11.6 Å². The van der Waals surface area contributed by atoms with E-state index >= 15 is 0 Å². The van der Waals surface area contributed by atoms with Gasteiger partial charge in [-0.2, -0.15) is 13.2 Å². The van der Waals surface area contributed by atoms with E-state index < -0.39 is 35.1 Å². The monoisotopic (exact) mass is 261 g/mol. The summed E-state index contributed by atoms with van der Waals surface area (Å²) in [4.78, 5) is 2.89. The van der Waals surface area contributed by atoms with Crippen LogP contribution >= 0.6 is 11.6 Å². The lowest BCUT2D eigenvalue weighted by Crippen LogP contribution is -2.13. The molecule has 1 unspecified atom stereocenters. The molecule has 1 heterocycles. The van der Waals surface area contributed by atoms with Gasteiger partial charge in [0, 0.05) is 5.56 Å². The fourth-order valence-electron chi connectivity index (χ4n) is 0.959. The molecule has 8 heteroatoms. The summed E-state index contributed by atoms with van der Waals surface area (Å²) in [5, 5.41) is 8.13. The molecule has 16 heavy (non-hydrogen) atoms. The van der Waals surface area contributed by atoms with Gasteiger partial charge in [0.1, 0.15) is 17.0 Å². The maximum atomic E-state index is 12.1. The zero-order valence-corrected chi connectivity index (χ0v) is 8.23. The highest BCUT2D eigenvalue weighted by molar-refractivity contribution is 6.30. The standard InChI is InChI=1S/C8H5ClF5NO/c9-6-3(5(16)7(10)11)1-2-4(15-6)8(12,13)14/h1-2,5,7,16H. The Kier molecular flexibility index (Phi) is 3.69. The number of aliphatic hydroxyl groups is 1. The smallest absolute Gasteiger partial charge is 0.382 e. The predicted octanol–water partition coefficient (Wildman–Crippen LogP) is 3.05. The van der Waals surface area contributed by atoms with Crippen molar-refractivity contribution in [1.82, 2.24) is 4.98 Å². The molecule has 90 valence electrons. The Labute approximate surface area is 91.7 Å². The third-order valence-electron chi connectivity index (χ3n) is 1.73. The van der Waals surface area contributed by atoms with Crippen LogP contribution in [0.5, 0.6) is 0 Å². The highest BCUT2D eigenvalue weighted by Gasteiger charge is 2.34. The Morgan fingerprint density at radius 1 is 1.25 bits per heavy atom. The normalized spacial score (nSPS) is 14.2. The number of aromatic nitrogens is 1. The van der Waals surface area contributed by atoms with Gasteiger partial charge < -0.3 is 5.11 Å². The Bertz CT molecular complexity index is 381. The summed E-state index contributed by atoms with van der Waals surface area (Å²) in [6, 6.07) is 1.15. The van der Waals surface area contributed by atoms with Crippen LogP contribution < -0.4 is 0 Å². The summed E-state index contributed by atoms with van der Waals surface area (Å²) in [6.45, 7) is 0. The Morgan fingerprint density at radius 3 is 2.19 bits per heavy atom. The quantitative estimate of drug-likeness (QED) is 0.656. The first-order chi connectivity index (χ1) is 7.23. The van der Waals surface area contributed by atoms with Crippen LogP contribution in [-0.4, -0.2) is 16.5 Å². The molecule has 1 rings (SSSR count). The molecule has 0 saturated heterocycles. The van der Waals surface area contributed by atoms with E-state index in [4.69, 9.17) is 16.7 Å². The van der Waals surface area contributed by atoms with Crippen molar-refractivity contribution in [2.75, 3.05) is 0 Å². The van der Waals surface area contributed by atoms with Crippen LogP contribution in [0.3, 0.4) is 0 Å². The minimum atomic E-state index is -4.71. The molecule has 1 aromatic heterocycles. The van der Waals surface area contributed by atoms with Crippen molar-refractivity contribution in [3.8, 4) is 0 Å². The number of rotatable bonds is 2. The molecule has 2 nitrogen and oxygen atoms in total. The lowest BCUT2D eigenvalue weighted by Gasteiger charge is -2.12. The number of aliphatic hydroxyl groups excluding tert-OH is 1. The van der Waals surface area contributed by atoms with Crippen LogP contribution in [0.25, 0.3) is 0 Å². The van der Waals surface area contributed by atoms with Crippen LogP contribution in [0.2, 0.25) is 5.15 Å². The van der Waals surface area contributed by atoms with Gasteiger partial charge in [-0.3, -0.25) is 0 Å². The average Bonchev–Trinajstić information content (AvgIpc) is 2.15. The highest BCUT2D eigenvalue weighted by Crippen LogP contribution is 2.32. The zero-order valence-electron chi connectivity index (χ0n) is 7.47. The first-order valence-corrected chi connectivity index (χ1v) is 4.31. The van der Waals surface area contributed by atoms with Crippen LogP contribution in [0.15, 0.2) is 12.1 Å². The molecule has 0 amide bonds. The van der Waals surface area contributed by atoms with Crippen molar-refractivity contribution < 1.29 is 27.1 Å². The summed E-state index contributed by atoms with van der Waals surface area (Å²) in [5.74, 6) is 0. The van der Waals surface area contributed by atoms with Crippen LogP contribution in [0.1, 0.15) is 17.4 Å². The maximum absolute atomic E-state index is 12.1. The molecule has 0 bridgehead atoms. The van der Waals surface area contributed by atoms with Crippen molar-refractivity contribution in [3.63, 3.8) is 0 Å². The summed E-state index contributed by atoms with van der Waals surface area (Å²) < 4.78 is 60.5. The van der Waals surface area contributed by atoms with Gasteiger partial charge in [0.05, 0.1) is 0 Å². The lowest BCUT2D eigenvalue weighted by molar-refractivity contribution is -0.141. The zero-order chi connectivity index (χ0) is 12.5. The molecule has 0 radical (unpaired) electrons. The SMILES string of the molecule is OC(c1ccc(C(F)(F)F)nc1Cl)C(F)F. The molecule has 0 aromatic carbocycles. The van der Waals surface area contributed by atoms with E-state index in [9.17, 15) is 22.0 Å². The fourth-order valence-corrected chi connectivity index (χ4v) is 1.23. The third kappa shape index (κ3) is 2.79. The molecule has 0 spiro atoms. The summed E-state index contributed by atoms with van der Waals surface area (Å²) in [7, 11) is 0. The van der Waals surface area contributed by atoms with Crippen LogP contribution in [0, 0.1) is 0 Å². The summed E-state index contributed by atoms with van der Waals surface area (Å²) in [5.41, 5.74) is -1.84. The molecular formula is C8H5ClF5NO. The van der Waals surface area contributed by atoms with Crippen molar-refractivity contribution in [1.29, 1.82) is 0 Å². The number of alkyl halides is 5.